The largest absolute Gasteiger partial charge is 0.491 e. The molecule has 9 nitrogen and oxygen atoms in total. The van der Waals surface area contributed by atoms with Gasteiger partial charge in [-0.05, 0) is 47.9 Å². The van der Waals surface area contributed by atoms with Crippen molar-refractivity contribution in [2.24, 2.45) is 0 Å². The third-order valence-corrected chi connectivity index (χ3v) is 6.14. The SMILES string of the molecule is COCCOC(=O)NCC(O)COc1ccc(C2c3[nH]c4ccc(Cl)cc4c3CCN2C=O)cc1. The number of hydrogen-bond acceptors (Lipinski definition) is 6. The zero-order valence-corrected chi connectivity index (χ0v) is 20.1. The summed E-state index contributed by atoms with van der Waals surface area (Å²) in [6.07, 6.45) is 0.0866. The molecule has 2 amide bonds. The summed E-state index contributed by atoms with van der Waals surface area (Å²) in [5.41, 5.74) is 4.07. The third kappa shape index (κ3) is 5.87. The van der Waals surface area contributed by atoms with Crippen LogP contribution >= 0.6 is 11.6 Å². The molecule has 4 rings (SSSR count). The Kier molecular flexibility index (Phi) is 8.12. The van der Waals surface area contributed by atoms with Crippen LogP contribution in [0.5, 0.6) is 5.75 Å². The Morgan fingerprint density at radius 3 is 2.83 bits per heavy atom. The monoisotopic (exact) mass is 501 g/mol. The first-order valence-electron chi connectivity index (χ1n) is 11.3. The molecule has 2 aromatic carbocycles. The summed E-state index contributed by atoms with van der Waals surface area (Å²) in [6.45, 7) is 1.03. The van der Waals surface area contributed by atoms with Gasteiger partial charge >= 0.3 is 6.09 Å². The van der Waals surface area contributed by atoms with Crippen molar-refractivity contribution in [1.29, 1.82) is 0 Å². The van der Waals surface area contributed by atoms with Crippen molar-refractivity contribution in [3.05, 3.63) is 64.3 Å². The van der Waals surface area contributed by atoms with Gasteiger partial charge in [-0.15, -0.1) is 0 Å². The van der Waals surface area contributed by atoms with Crippen molar-refractivity contribution in [3.8, 4) is 5.75 Å². The molecule has 0 radical (unpaired) electrons. The fourth-order valence-electron chi connectivity index (χ4n) is 4.22. The summed E-state index contributed by atoms with van der Waals surface area (Å²) in [4.78, 5) is 28.6. The van der Waals surface area contributed by atoms with E-state index >= 15 is 0 Å². The summed E-state index contributed by atoms with van der Waals surface area (Å²) in [5, 5.41) is 14.3. The summed E-state index contributed by atoms with van der Waals surface area (Å²) in [5.74, 6) is 0.563. The second-order valence-electron chi connectivity index (χ2n) is 8.25. The average Bonchev–Trinajstić information content (AvgIpc) is 3.24. The van der Waals surface area contributed by atoms with Crippen LogP contribution in [0.1, 0.15) is 22.9 Å². The highest BCUT2D eigenvalue weighted by atomic mass is 35.5. The Morgan fingerprint density at radius 2 is 2.09 bits per heavy atom. The van der Waals surface area contributed by atoms with Crippen LogP contribution in [0.15, 0.2) is 42.5 Å². The molecule has 10 heteroatoms. The van der Waals surface area contributed by atoms with Gasteiger partial charge in [0, 0.05) is 35.3 Å². The number of methoxy groups -OCH3 is 1. The van der Waals surface area contributed by atoms with Crippen molar-refractivity contribution < 1.29 is 28.9 Å². The second kappa shape index (κ2) is 11.4. The van der Waals surface area contributed by atoms with Crippen LogP contribution in [0.3, 0.4) is 0 Å². The van der Waals surface area contributed by atoms with Crippen molar-refractivity contribution in [2.75, 3.05) is 40.0 Å². The molecule has 2 atom stereocenters. The molecule has 3 aromatic rings. The molecular formula is C25H28ClN3O6. The number of aliphatic hydroxyl groups excluding tert-OH is 1. The number of ether oxygens (including phenoxy) is 3. The van der Waals surface area contributed by atoms with Crippen molar-refractivity contribution in [1.82, 2.24) is 15.2 Å². The fraction of sp³-hybridized carbons (Fsp3) is 0.360. The van der Waals surface area contributed by atoms with Crippen LogP contribution in [0.2, 0.25) is 5.02 Å². The molecule has 2 heterocycles. The Bertz CT molecular complexity index is 1170. The Hall–Kier alpha value is -3.27. The number of aliphatic hydroxyl groups is 1. The molecule has 0 saturated heterocycles. The first-order chi connectivity index (χ1) is 17.0. The fourth-order valence-corrected chi connectivity index (χ4v) is 4.39. The van der Waals surface area contributed by atoms with Crippen LogP contribution in [0.4, 0.5) is 4.79 Å². The number of benzene rings is 2. The van der Waals surface area contributed by atoms with Gasteiger partial charge in [-0.25, -0.2) is 4.79 Å². The van der Waals surface area contributed by atoms with E-state index in [1.165, 1.54) is 12.7 Å². The molecule has 1 aliphatic rings. The number of H-pyrrole nitrogens is 1. The predicted octanol–water partition coefficient (Wildman–Crippen LogP) is 3.04. The molecule has 1 aromatic heterocycles. The van der Waals surface area contributed by atoms with Gasteiger partial charge in [0.2, 0.25) is 6.41 Å². The Morgan fingerprint density at radius 1 is 1.29 bits per heavy atom. The number of aromatic amines is 1. The zero-order chi connectivity index (χ0) is 24.8. The van der Waals surface area contributed by atoms with Gasteiger partial charge in [-0.2, -0.15) is 0 Å². The highest BCUT2D eigenvalue weighted by molar-refractivity contribution is 6.31. The molecule has 35 heavy (non-hydrogen) atoms. The van der Waals surface area contributed by atoms with E-state index in [2.05, 4.69) is 10.3 Å². The van der Waals surface area contributed by atoms with Crippen molar-refractivity contribution >= 4 is 35.0 Å². The van der Waals surface area contributed by atoms with E-state index in [1.807, 2.05) is 30.3 Å². The van der Waals surface area contributed by atoms with Crippen molar-refractivity contribution in [3.63, 3.8) is 0 Å². The van der Waals surface area contributed by atoms with Crippen LogP contribution in [0, 0.1) is 0 Å². The van der Waals surface area contributed by atoms with E-state index in [9.17, 15) is 14.7 Å². The third-order valence-electron chi connectivity index (χ3n) is 5.90. The van der Waals surface area contributed by atoms with Crippen LogP contribution in [-0.4, -0.2) is 73.6 Å². The minimum absolute atomic E-state index is 0.00544. The Labute approximate surface area is 207 Å². The van der Waals surface area contributed by atoms with Gasteiger partial charge < -0.3 is 34.5 Å². The zero-order valence-electron chi connectivity index (χ0n) is 19.3. The van der Waals surface area contributed by atoms with E-state index in [1.54, 1.807) is 17.0 Å². The van der Waals surface area contributed by atoms with Gasteiger partial charge in [0.15, 0.2) is 0 Å². The molecular weight excluding hydrogens is 474 g/mol. The number of carbonyl (C=O) groups is 2. The van der Waals surface area contributed by atoms with Gasteiger partial charge in [-0.1, -0.05) is 23.7 Å². The number of fused-ring (bicyclic) bond motifs is 3. The first-order valence-corrected chi connectivity index (χ1v) is 11.7. The molecule has 2 unspecified atom stereocenters. The van der Waals surface area contributed by atoms with E-state index in [0.29, 0.717) is 23.9 Å². The van der Waals surface area contributed by atoms with Crippen molar-refractivity contribution in [2.45, 2.75) is 18.6 Å². The summed E-state index contributed by atoms with van der Waals surface area (Å²) in [6, 6.07) is 12.9. The van der Waals surface area contributed by atoms with E-state index in [4.69, 9.17) is 25.8 Å². The quantitative estimate of drug-likeness (QED) is 0.291. The van der Waals surface area contributed by atoms with E-state index < -0.39 is 12.2 Å². The molecule has 186 valence electrons. The number of carbonyl (C=O) groups excluding carboxylic acids is 2. The van der Waals surface area contributed by atoms with Crippen LogP contribution in [0.25, 0.3) is 10.9 Å². The van der Waals surface area contributed by atoms with Gasteiger partial charge in [-0.3, -0.25) is 4.79 Å². The topological polar surface area (TPSA) is 113 Å². The molecule has 1 aliphatic heterocycles. The molecule has 0 fully saturated rings. The van der Waals surface area contributed by atoms with Gasteiger partial charge in [0.05, 0.1) is 19.2 Å². The lowest BCUT2D eigenvalue weighted by molar-refractivity contribution is -0.120. The highest BCUT2D eigenvalue weighted by Gasteiger charge is 2.31. The maximum absolute atomic E-state index is 11.8. The summed E-state index contributed by atoms with van der Waals surface area (Å²) < 4.78 is 15.3. The number of rotatable bonds is 10. The number of aromatic nitrogens is 1. The minimum Gasteiger partial charge on any atom is -0.491 e. The van der Waals surface area contributed by atoms with Gasteiger partial charge in [0.1, 0.15) is 25.1 Å². The van der Waals surface area contributed by atoms with Gasteiger partial charge in [0.25, 0.3) is 0 Å². The number of nitrogens with one attached hydrogen (secondary N) is 2. The first kappa shape index (κ1) is 24.8. The highest BCUT2D eigenvalue weighted by Crippen LogP contribution is 2.38. The van der Waals surface area contributed by atoms with E-state index in [-0.39, 0.29) is 25.8 Å². The number of hydrogen-bond donors (Lipinski definition) is 3. The molecule has 0 bridgehead atoms. The average molecular weight is 502 g/mol. The maximum atomic E-state index is 11.8. The lowest BCUT2D eigenvalue weighted by Gasteiger charge is -2.33. The lowest BCUT2D eigenvalue weighted by Crippen LogP contribution is -2.36. The number of amides is 2. The van der Waals surface area contributed by atoms with Crippen LogP contribution in [-0.2, 0) is 20.7 Å². The lowest BCUT2D eigenvalue weighted by atomic mass is 9.93. The predicted molar refractivity (Wildman–Crippen MR) is 131 cm³/mol. The summed E-state index contributed by atoms with van der Waals surface area (Å²) in [7, 11) is 1.51. The minimum atomic E-state index is -0.908. The number of nitrogens with zero attached hydrogens (tertiary/aromatic N) is 1. The number of alkyl carbamates (subject to hydrolysis) is 1. The summed E-state index contributed by atoms with van der Waals surface area (Å²) >= 11 is 6.21. The Balaban J connectivity index is 1.40. The number of halogens is 1. The normalized spacial score (nSPS) is 16.0. The molecule has 0 saturated carbocycles. The molecule has 0 aliphatic carbocycles. The standard InChI is InChI=1S/C25H28ClN3O6/c1-33-10-11-34-25(32)27-13-18(31)14-35-19-5-2-16(3-6-19)24-23-20(8-9-29(24)15-30)21-12-17(26)4-7-22(21)28-23/h2-7,12,15,18,24,28,31H,8-11,13-14H2,1H3,(H,27,32). The molecule has 3 N–H and O–H groups in total. The second-order valence-corrected chi connectivity index (χ2v) is 8.68. The van der Waals surface area contributed by atoms with Crippen LogP contribution < -0.4 is 10.1 Å². The molecule has 0 spiro atoms. The maximum Gasteiger partial charge on any atom is 0.407 e. The van der Waals surface area contributed by atoms with E-state index in [0.717, 1.165) is 35.0 Å². The smallest absolute Gasteiger partial charge is 0.407 e.